The van der Waals surface area contributed by atoms with Gasteiger partial charge in [0.25, 0.3) is 0 Å². The number of rotatable bonds is 6. The number of carbonyl (C=O) groups excluding carboxylic acids is 1. The van der Waals surface area contributed by atoms with E-state index in [0.717, 1.165) is 12.1 Å². The number of nitrogens with one attached hydrogen (secondary N) is 1. The lowest BCUT2D eigenvalue weighted by molar-refractivity contribution is -0.275. The van der Waals surface area contributed by atoms with Crippen LogP contribution in [0.4, 0.5) is 23.7 Å². The van der Waals surface area contributed by atoms with Gasteiger partial charge in [-0.05, 0) is 45.4 Å². The van der Waals surface area contributed by atoms with Crippen LogP contribution in [-0.4, -0.2) is 40.9 Å². The number of carbonyl (C=O) groups is 1. The molecule has 0 aliphatic heterocycles. The van der Waals surface area contributed by atoms with Crippen LogP contribution >= 0.6 is 0 Å². The highest BCUT2D eigenvalue weighted by molar-refractivity contribution is 5.67. The molecule has 0 aromatic heterocycles. The summed E-state index contributed by atoms with van der Waals surface area (Å²) >= 11 is 0. The van der Waals surface area contributed by atoms with Crippen LogP contribution in [0.5, 0.6) is 5.75 Å². The first-order valence-electron chi connectivity index (χ1n) is 7.76. The van der Waals surface area contributed by atoms with E-state index in [-0.39, 0.29) is 24.2 Å². The predicted molar refractivity (Wildman–Crippen MR) is 87.4 cm³/mol. The summed E-state index contributed by atoms with van der Waals surface area (Å²) in [5, 5.41) is 22.5. The van der Waals surface area contributed by atoms with Gasteiger partial charge < -0.3 is 30.7 Å². The van der Waals surface area contributed by atoms with E-state index in [1.54, 1.807) is 20.8 Å². The molecule has 2 atom stereocenters. The number of alkyl carbamates (subject to hydrolysis) is 1. The Morgan fingerprint density at radius 1 is 1.27 bits per heavy atom. The fourth-order valence-electron chi connectivity index (χ4n) is 2.02. The highest BCUT2D eigenvalue weighted by atomic mass is 19.4. The van der Waals surface area contributed by atoms with Crippen molar-refractivity contribution in [3.63, 3.8) is 0 Å². The summed E-state index contributed by atoms with van der Waals surface area (Å²) in [5.41, 5.74) is 4.60. The molecule has 0 aliphatic rings. The van der Waals surface area contributed by atoms with Crippen LogP contribution in [0.1, 0.15) is 38.9 Å². The monoisotopic (exact) mass is 380 g/mol. The fourth-order valence-corrected chi connectivity index (χ4v) is 2.02. The number of nitrogens with two attached hydrogens (primary N) is 1. The maximum atomic E-state index is 12.5. The summed E-state index contributed by atoms with van der Waals surface area (Å²) in [6.07, 6.45) is -8.99. The second-order valence-corrected chi connectivity index (χ2v) is 6.57. The fraction of sp³-hybridized carbons (Fsp3) is 0.562. The molecule has 1 aromatic carbocycles. The third-order valence-corrected chi connectivity index (χ3v) is 3.05. The first-order valence-corrected chi connectivity index (χ1v) is 7.76. The lowest BCUT2D eigenvalue weighted by Gasteiger charge is -2.23. The number of halogens is 3. The Balaban J connectivity index is 2.72. The zero-order valence-electron chi connectivity index (χ0n) is 14.6. The van der Waals surface area contributed by atoms with Crippen molar-refractivity contribution >= 4 is 11.8 Å². The lowest BCUT2D eigenvalue weighted by atomic mass is 10.0. The van der Waals surface area contributed by atoms with Crippen molar-refractivity contribution in [2.75, 3.05) is 12.3 Å². The molecular weight excluding hydrogens is 357 g/mol. The maximum Gasteiger partial charge on any atom is 0.573 e. The van der Waals surface area contributed by atoms with E-state index in [2.05, 4.69) is 10.1 Å². The highest BCUT2D eigenvalue weighted by Gasteiger charge is 2.34. The molecule has 0 fully saturated rings. The smallest absolute Gasteiger partial charge is 0.444 e. The van der Waals surface area contributed by atoms with Gasteiger partial charge in [0.05, 0.1) is 6.10 Å². The molecule has 2 unspecified atom stereocenters. The number of alkyl halides is 3. The first-order chi connectivity index (χ1) is 11.8. The molecule has 26 heavy (non-hydrogen) atoms. The minimum absolute atomic E-state index is 0.0646. The van der Waals surface area contributed by atoms with Crippen LogP contribution in [0.2, 0.25) is 0 Å². The molecule has 0 aliphatic carbocycles. The largest absolute Gasteiger partial charge is 0.573 e. The van der Waals surface area contributed by atoms with Crippen molar-refractivity contribution in [1.29, 1.82) is 0 Å². The molecule has 0 saturated heterocycles. The van der Waals surface area contributed by atoms with Gasteiger partial charge >= 0.3 is 12.5 Å². The van der Waals surface area contributed by atoms with Crippen molar-refractivity contribution < 1.29 is 37.7 Å². The van der Waals surface area contributed by atoms with Gasteiger partial charge in [-0.1, -0.05) is 0 Å². The van der Waals surface area contributed by atoms with Gasteiger partial charge in [0.2, 0.25) is 0 Å². The van der Waals surface area contributed by atoms with Crippen LogP contribution < -0.4 is 15.8 Å². The normalized spacial score (nSPS) is 14.5. The van der Waals surface area contributed by atoms with Crippen molar-refractivity contribution in [3.8, 4) is 5.75 Å². The molecule has 0 radical (unpaired) electrons. The summed E-state index contributed by atoms with van der Waals surface area (Å²) in [7, 11) is 0. The molecule has 148 valence electrons. The topological polar surface area (TPSA) is 114 Å². The molecule has 1 amide bonds. The Kier molecular flexibility index (Phi) is 7.10. The van der Waals surface area contributed by atoms with E-state index >= 15 is 0 Å². The number of aliphatic hydroxyl groups is 2. The van der Waals surface area contributed by atoms with E-state index < -0.39 is 36.0 Å². The van der Waals surface area contributed by atoms with Crippen LogP contribution in [0.25, 0.3) is 0 Å². The summed E-state index contributed by atoms with van der Waals surface area (Å²) in [4.78, 5) is 11.5. The van der Waals surface area contributed by atoms with Gasteiger partial charge in [-0.15, -0.1) is 13.2 Å². The third-order valence-electron chi connectivity index (χ3n) is 3.05. The quantitative estimate of drug-likeness (QED) is 0.564. The molecule has 0 heterocycles. The summed E-state index contributed by atoms with van der Waals surface area (Å²) in [6, 6.07) is 3.21. The molecule has 0 bridgehead atoms. The van der Waals surface area contributed by atoms with Gasteiger partial charge in [-0.25, -0.2) is 4.79 Å². The number of nitrogen functional groups attached to an aromatic ring is 1. The lowest BCUT2D eigenvalue weighted by Crippen LogP contribution is -2.34. The second-order valence-electron chi connectivity index (χ2n) is 6.57. The van der Waals surface area contributed by atoms with Crippen molar-refractivity contribution in [2.24, 2.45) is 0 Å². The van der Waals surface area contributed by atoms with Gasteiger partial charge in [0.15, 0.2) is 0 Å². The molecule has 0 saturated carbocycles. The van der Waals surface area contributed by atoms with Crippen LogP contribution in [0, 0.1) is 0 Å². The van der Waals surface area contributed by atoms with Crippen LogP contribution in [0.15, 0.2) is 18.2 Å². The zero-order chi connectivity index (χ0) is 20.1. The minimum atomic E-state index is -4.96. The third kappa shape index (κ3) is 7.79. The molecule has 10 heteroatoms. The van der Waals surface area contributed by atoms with Gasteiger partial charge in [-0.2, -0.15) is 0 Å². The van der Waals surface area contributed by atoms with Gasteiger partial charge in [0, 0.05) is 17.8 Å². The number of benzene rings is 1. The van der Waals surface area contributed by atoms with E-state index in [4.69, 9.17) is 10.5 Å². The first kappa shape index (κ1) is 21.8. The van der Waals surface area contributed by atoms with Crippen molar-refractivity contribution in [3.05, 3.63) is 23.8 Å². The molecule has 1 rings (SSSR count). The standard InChI is InChI=1S/C16H23F3N2O5/c1-15(2,3)26-14(24)21-7-6-11(22)13(23)10-8-9(20)4-5-12(10)25-16(17,18)19/h4-5,8,11,13,22-23H,6-7,20H2,1-3H3,(H,21,24). The van der Waals surface area contributed by atoms with E-state index in [1.807, 2.05) is 0 Å². The molecular formula is C16H23F3N2O5. The van der Waals surface area contributed by atoms with Crippen molar-refractivity contribution in [1.82, 2.24) is 5.32 Å². The average Bonchev–Trinajstić information content (AvgIpc) is 2.45. The maximum absolute atomic E-state index is 12.5. The highest BCUT2D eigenvalue weighted by Crippen LogP contribution is 2.33. The SMILES string of the molecule is CC(C)(C)OC(=O)NCCC(O)C(O)c1cc(N)ccc1OC(F)(F)F. The van der Waals surface area contributed by atoms with Crippen LogP contribution in [-0.2, 0) is 4.74 Å². The summed E-state index contributed by atoms with van der Waals surface area (Å²) < 4.78 is 46.2. The number of ether oxygens (including phenoxy) is 2. The van der Waals surface area contributed by atoms with E-state index in [1.165, 1.54) is 6.07 Å². The Labute approximate surface area is 148 Å². The van der Waals surface area contributed by atoms with Crippen molar-refractivity contribution in [2.45, 2.75) is 51.4 Å². The number of aliphatic hydroxyl groups excluding tert-OH is 2. The van der Waals surface area contributed by atoms with Crippen LogP contribution in [0.3, 0.4) is 0 Å². The van der Waals surface area contributed by atoms with E-state index in [9.17, 15) is 28.2 Å². The molecule has 0 spiro atoms. The number of anilines is 1. The Hall–Kier alpha value is -2.20. The number of hydrogen-bond donors (Lipinski definition) is 4. The predicted octanol–water partition coefficient (Wildman–Crippen LogP) is 2.48. The van der Waals surface area contributed by atoms with Gasteiger partial charge in [-0.3, -0.25) is 0 Å². The molecule has 1 aromatic rings. The average molecular weight is 380 g/mol. The number of amides is 1. The Bertz CT molecular complexity index is 617. The molecule has 7 nitrogen and oxygen atoms in total. The van der Waals surface area contributed by atoms with Gasteiger partial charge in [0.1, 0.15) is 17.5 Å². The number of hydrogen-bond acceptors (Lipinski definition) is 6. The zero-order valence-corrected chi connectivity index (χ0v) is 14.6. The summed E-state index contributed by atoms with van der Waals surface area (Å²) in [6.45, 7) is 4.96. The Morgan fingerprint density at radius 2 is 1.88 bits per heavy atom. The van der Waals surface area contributed by atoms with E-state index in [0.29, 0.717) is 0 Å². The second kappa shape index (κ2) is 8.45. The molecule has 5 N–H and O–H groups in total. The summed E-state index contributed by atoms with van der Waals surface area (Å²) in [5.74, 6) is -0.668. The Morgan fingerprint density at radius 3 is 2.42 bits per heavy atom. The minimum Gasteiger partial charge on any atom is -0.444 e.